The number of carbonyl (C=O) groups is 1. The summed E-state index contributed by atoms with van der Waals surface area (Å²) < 4.78 is 0. The summed E-state index contributed by atoms with van der Waals surface area (Å²) in [6.45, 7) is 12.7. The van der Waals surface area contributed by atoms with Crippen LogP contribution in [0.2, 0.25) is 0 Å². The third-order valence-electron chi connectivity index (χ3n) is 4.11. The van der Waals surface area contributed by atoms with Gasteiger partial charge in [0.2, 0.25) is 0 Å². The van der Waals surface area contributed by atoms with Crippen LogP contribution in [0, 0.1) is 34.6 Å². The Labute approximate surface area is 114 Å². The molecule has 0 aliphatic heterocycles. The van der Waals surface area contributed by atoms with Gasteiger partial charge in [-0.25, -0.2) is 0 Å². The fourth-order valence-electron chi connectivity index (χ4n) is 2.40. The first kappa shape index (κ1) is 15.4. The van der Waals surface area contributed by atoms with Crippen LogP contribution in [-0.4, -0.2) is 11.4 Å². The highest BCUT2D eigenvalue weighted by molar-refractivity contribution is 7.17. The Kier molecular flexibility index (Phi) is 5.10. The molecule has 2 unspecified atom stereocenters. The van der Waals surface area contributed by atoms with Gasteiger partial charge in [-0.05, 0) is 74.5 Å². The first-order valence-electron chi connectivity index (χ1n) is 6.63. The second-order valence-electron chi connectivity index (χ2n) is 5.44. The van der Waals surface area contributed by atoms with Crippen molar-refractivity contribution in [1.82, 2.24) is 0 Å². The average Bonchev–Trinajstić information content (AvgIpc) is 2.31. The molecule has 1 aromatic carbocycles. The van der Waals surface area contributed by atoms with Crippen LogP contribution < -0.4 is 0 Å². The van der Waals surface area contributed by atoms with E-state index in [1.807, 2.05) is 0 Å². The van der Waals surface area contributed by atoms with Crippen molar-refractivity contribution in [3.63, 3.8) is 0 Å². The van der Waals surface area contributed by atoms with Crippen LogP contribution in [0.15, 0.2) is 0 Å². The van der Waals surface area contributed by atoms with Crippen LogP contribution in [-0.2, 0) is 0 Å². The van der Waals surface area contributed by atoms with E-state index in [1.165, 1.54) is 16.7 Å². The largest absolute Gasteiger partial charge is 0.294 e. The summed E-state index contributed by atoms with van der Waals surface area (Å²) in [6.07, 6.45) is 1.59. The van der Waals surface area contributed by atoms with Crippen LogP contribution in [0.25, 0.3) is 0 Å². The normalized spacial score (nSPS) is 12.6. The highest BCUT2D eigenvalue weighted by atomic mass is 31.0. The third-order valence-corrected chi connectivity index (χ3v) is 4.44. The Hall–Kier alpha value is -0.680. The minimum atomic E-state index is 0.297. The van der Waals surface area contributed by atoms with Gasteiger partial charge in [0.15, 0.2) is 5.78 Å². The number of ketones is 1. The lowest BCUT2D eigenvalue weighted by atomic mass is 9.87. The van der Waals surface area contributed by atoms with Crippen LogP contribution >= 0.6 is 9.24 Å². The Balaban J connectivity index is 3.21. The molecule has 1 aromatic rings. The quantitative estimate of drug-likeness (QED) is 0.580. The van der Waals surface area contributed by atoms with Crippen molar-refractivity contribution in [2.45, 2.75) is 60.0 Å². The number of benzene rings is 1. The molecule has 0 fully saturated rings. The van der Waals surface area contributed by atoms with Gasteiger partial charge < -0.3 is 0 Å². The summed E-state index contributed by atoms with van der Waals surface area (Å²) in [5.41, 5.74) is 7.64. The summed E-state index contributed by atoms with van der Waals surface area (Å²) in [5.74, 6) is 0.297. The molecule has 0 radical (unpaired) electrons. The smallest absolute Gasteiger partial charge is 0.163 e. The van der Waals surface area contributed by atoms with E-state index in [0.29, 0.717) is 17.9 Å². The molecular weight excluding hydrogens is 239 g/mol. The molecule has 0 aliphatic carbocycles. The predicted molar refractivity (Wildman–Crippen MR) is 82.9 cm³/mol. The highest BCUT2D eigenvalue weighted by Crippen LogP contribution is 2.27. The van der Waals surface area contributed by atoms with Crippen molar-refractivity contribution >= 4 is 15.0 Å². The van der Waals surface area contributed by atoms with Crippen molar-refractivity contribution in [3.8, 4) is 0 Å². The third kappa shape index (κ3) is 3.01. The number of hydrogen-bond donors (Lipinski definition) is 0. The van der Waals surface area contributed by atoms with E-state index < -0.39 is 0 Å². The van der Waals surface area contributed by atoms with E-state index in [-0.39, 0.29) is 0 Å². The van der Waals surface area contributed by atoms with E-state index in [1.54, 1.807) is 0 Å². The Morgan fingerprint density at radius 2 is 1.33 bits per heavy atom. The maximum Gasteiger partial charge on any atom is 0.163 e. The summed E-state index contributed by atoms with van der Waals surface area (Å²) >= 11 is 0. The SMILES string of the molecule is Cc1c(C)c(C)c(C(=O)CCC(C)P)c(C)c1C. The summed E-state index contributed by atoms with van der Waals surface area (Å²) in [6, 6.07) is 0. The van der Waals surface area contributed by atoms with Gasteiger partial charge in [0, 0.05) is 12.0 Å². The summed E-state index contributed by atoms with van der Waals surface area (Å²) in [7, 11) is 2.76. The van der Waals surface area contributed by atoms with Crippen molar-refractivity contribution in [3.05, 3.63) is 33.4 Å². The number of rotatable bonds is 4. The zero-order valence-corrected chi connectivity index (χ0v) is 13.6. The molecule has 0 spiro atoms. The van der Waals surface area contributed by atoms with Crippen LogP contribution in [0.4, 0.5) is 0 Å². The summed E-state index contributed by atoms with van der Waals surface area (Å²) in [4.78, 5) is 12.4. The van der Waals surface area contributed by atoms with Crippen molar-refractivity contribution < 1.29 is 4.79 Å². The Bertz CT molecular complexity index is 443. The number of carbonyl (C=O) groups excluding carboxylic acids is 1. The lowest BCUT2D eigenvalue weighted by Gasteiger charge is -2.18. The van der Waals surface area contributed by atoms with Crippen molar-refractivity contribution in [2.75, 3.05) is 0 Å². The fraction of sp³-hybridized carbons (Fsp3) is 0.562. The van der Waals surface area contributed by atoms with Gasteiger partial charge in [0.25, 0.3) is 0 Å². The van der Waals surface area contributed by atoms with E-state index >= 15 is 0 Å². The maximum atomic E-state index is 12.4. The van der Waals surface area contributed by atoms with Crippen molar-refractivity contribution in [2.24, 2.45) is 0 Å². The topological polar surface area (TPSA) is 17.1 Å². The Morgan fingerprint density at radius 1 is 0.944 bits per heavy atom. The minimum absolute atomic E-state index is 0.297. The van der Waals surface area contributed by atoms with Gasteiger partial charge in [-0.15, -0.1) is 9.24 Å². The van der Waals surface area contributed by atoms with Crippen LogP contribution in [0.3, 0.4) is 0 Å². The molecule has 0 saturated heterocycles. The van der Waals surface area contributed by atoms with Gasteiger partial charge in [-0.1, -0.05) is 6.92 Å². The first-order chi connectivity index (χ1) is 8.27. The second kappa shape index (κ2) is 5.97. The van der Waals surface area contributed by atoms with Gasteiger partial charge in [0.1, 0.15) is 0 Å². The number of hydrogen-bond acceptors (Lipinski definition) is 1. The molecule has 100 valence electrons. The van der Waals surface area contributed by atoms with Gasteiger partial charge in [-0.2, -0.15) is 0 Å². The molecule has 1 rings (SSSR count). The fourth-order valence-corrected chi connectivity index (χ4v) is 2.57. The zero-order valence-electron chi connectivity index (χ0n) is 12.5. The standard InChI is InChI=1S/C16H25OP/c1-9(18)7-8-15(17)16-13(5)11(3)10(2)12(4)14(16)6/h9H,7-8,18H2,1-6H3. The molecule has 2 atom stereocenters. The molecule has 0 heterocycles. The monoisotopic (exact) mass is 264 g/mol. The molecular formula is C16H25OP. The zero-order chi connectivity index (χ0) is 14.0. The average molecular weight is 264 g/mol. The molecule has 0 aliphatic rings. The molecule has 0 amide bonds. The van der Waals surface area contributed by atoms with Gasteiger partial charge in [-0.3, -0.25) is 4.79 Å². The van der Waals surface area contributed by atoms with Gasteiger partial charge >= 0.3 is 0 Å². The van der Waals surface area contributed by atoms with E-state index in [0.717, 1.165) is 23.1 Å². The molecule has 0 saturated carbocycles. The summed E-state index contributed by atoms with van der Waals surface area (Å²) in [5, 5.41) is 0. The second-order valence-corrected chi connectivity index (χ2v) is 6.58. The lowest BCUT2D eigenvalue weighted by molar-refractivity contribution is 0.0979. The van der Waals surface area contributed by atoms with Crippen LogP contribution in [0.1, 0.15) is 57.9 Å². The molecule has 18 heavy (non-hydrogen) atoms. The molecule has 2 heteroatoms. The number of Topliss-reactive ketones (excluding diaryl/α,β-unsaturated/α-hetero) is 1. The molecule has 0 aromatic heterocycles. The predicted octanol–water partition coefficient (Wildman–Crippen LogP) is 4.46. The van der Waals surface area contributed by atoms with Crippen LogP contribution in [0.5, 0.6) is 0 Å². The highest BCUT2D eigenvalue weighted by Gasteiger charge is 2.17. The Morgan fingerprint density at radius 3 is 1.72 bits per heavy atom. The maximum absolute atomic E-state index is 12.4. The molecule has 1 nitrogen and oxygen atoms in total. The van der Waals surface area contributed by atoms with Crippen molar-refractivity contribution in [1.29, 1.82) is 0 Å². The van der Waals surface area contributed by atoms with E-state index in [4.69, 9.17) is 0 Å². The minimum Gasteiger partial charge on any atom is -0.294 e. The lowest BCUT2D eigenvalue weighted by Crippen LogP contribution is -2.10. The molecule has 0 N–H and O–H groups in total. The van der Waals surface area contributed by atoms with Gasteiger partial charge in [0.05, 0.1) is 0 Å². The van der Waals surface area contributed by atoms with E-state index in [2.05, 4.69) is 50.8 Å². The molecule has 0 bridgehead atoms. The first-order valence-corrected chi connectivity index (χ1v) is 7.29. The van der Waals surface area contributed by atoms with E-state index in [9.17, 15) is 4.79 Å².